The maximum absolute atomic E-state index is 14.6. The number of pyridine rings is 1. The van der Waals surface area contributed by atoms with Crippen LogP contribution in [0.15, 0.2) is 54.7 Å². The quantitative estimate of drug-likeness (QED) is 0.465. The van der Waals surface area contributed by atoms with E-state index in [1.54, 1.807) is 18.2 Å². The Labute approximate surface area is 190 Å². The molecule has 1 fully saturated rings. The third-order valence-corrected chi connectivity index (χ3v) is 5.56. The molecule has 5 nitrogen and oxygen atoms in total. The molecule has 1 amide bonds. The number of carbonyl (C=O) groups excluding carboxylic acids is 2. The summed E-state index contributed by atoms with van der Waals surface area (Å²) in [6.45, 7) is 1.38. The number of carbonyl (C=O) groups is 2. The molecule has 0 spiro atoms. The van der Waals surface area contributed by atoms with Crippen molar-refractivity contribution in [1.29, 1.82) is 0 Å². The third kappa shape index (κ3) is 5.71. The molecule has 0 aliphatic heterocycles. The van der Waals surface area contributed by atoms with Gasteiger partial charge in [0, 0.05) is 43.1 Å². The molecular formula is C25H22ClFN2O3. The Morgan fingerprint density at radius 1 is 1.06 bits per heavy atom. The summed E-state index contributed by atoms with van der Waals surface area (Å²) in [6, 6.07) is 13.4. The lowest BCUT2D eigenvalue weighted by Gasteiger charge is -2.10. The van der Waals surface area contributed by atoms with Gasteiger partial charge in [-0.25, -0.2) is 9.37 Å². The Bertz CT molecular complexity index is 1180. The van der Waals surface area contributed by atoms with Crippen molar-refractivity contribution in [3.05, 3.63) is 82.3 Å². The molecule has 2 aromatic carbocycles. The van der Waals surface area contributed by atoms with E-state index in [0.29, 0.717) is 28.1 Å². The second-order valence-corrected chi connectivity index (χ2v) is 8.34. The van der Waals surface area contributed by atoms with Gasteiger partial charge in [0.05, 0.1) is 0 Å². The molecule has 164 valence electrons. The van der Waals surface area contributed by atoms with Gasteiger partial charge in [-0.3, -0.25) is 9.59 Å². The number of halogens is 2. The second-order valence-electron chi connectivity index (χ2n) is 7.93. The molecule has 1 aliphatic carbocycles. The minimum absolute atomic E-state index is 0.0297. The summed E-state index contributed by atoms with van der Waals surface area (Å²) in [5.41, 5.74) is 2.29. The molecule has 1 heterocycles. The van der Waals surface area contributed by atoms with E-state index in [4.69, 9.17) is 16.3 Å². The third-order valence-electron chi connectivity index (χ3n) is 5.19. The summed E-state index contributed by atoms with van der Waals surface area (Å²) >= 11 is 6.27. The van der Waals surface area contributed by atoms with Gasteiger partial charge in [-0.2, -0.15) is 0 Å². The fourth-order valence-electron chi connectivity index (χ4n) is 3.48. The summed E-state index contributed by atoms with van der Waals surface area (Å²) < 4.78 is 20.3. The standard InChI is InChI=1S/C25H22ClFN2O3/c1-15(30)29-25-14-22(8-9-28-25)32-21-6-4-18(24(27)13-21)11-20(31)12-19-10-17(16-2-3-16)5-7-23(19)26/h4-10,13-14,16H,2-3,11-12H2,1H3,(H,28,29,30). The van der Waals surface area contributed by atoms with Crippen LogP contribution in [0.5, 0.6) is 11.5 Å². The minimum atomic E-state index is -0.523. The van der Waals surface area contributed by atoms with Crippen LogP contribution in [0.2, 0.25) is 5.02 Å². The van der Waals surface area contributed by atoms with Crippen LogP contribution >= 0.6 is 11.6 Å². The number of nitrogens with zero attached hydrogens (tertiary/aromatic N) is 1. The van der Waals surface area contributed by atoms with Gasteiger partial charge in [0.15, 0.2) is 0 Å². The van der Waals surface area contributed by atoms with Crippen molar-refractivity contribution in [3.8, 4) is 11.5 Å². The average molecular weight is 453 g/mol. The van der Waals surface area contributed by atoms with E-state index in [1.807, 2.05) is 18.2 Å². The first-order valence-corrected chi connectivity index (χ1v) is 10.7. The Hall–Kier alpha value is -3.25. The monoisotopic (exact) mass is 452 g/mol. The number of anilines is 1. The van der Waals surface area contributed by atoms with Crippen molar-refractivity contribution < 1.29 is 18.7 Å². The molecule has 0 saturated heterocycles. The van der Waals surface area contributed by atoms with Gasteiger partial charge in [0.25, 0.3) is 0 Å². The summed E-state index contributed by atoms with van der Waals surface area (Å²) in [6.07, 6.45) is 3.96. The summed E-state index contributed by atoms with van der Waals surface area (Å²) in [5, 5.41) is 3.12. The summed E-state index contributed by atoms with van der Waals surface area (Å²) in [5.74, 6) is 0.695. The zero-order valence-corrected chi connectivity index (χ0v) is 18.3. The van der Waals surface area contributed by atoms with E-state index in [0.717, 1.165) is 5.56 Å². The van der Waals surface area contributed by atoms with Crippen molar-refractivity contribution in [1.82, 2.24) is 4.98 Å². The topological polar surface area (TPSA) is 68.3 Å². The van der Waals surface area contributed by atoms with Crippen LogP contribution in [-0.4, -0.2) is 16.7 Å². The lowest BCUT2D eigenvalue weighted by atomic mass is 9.99. The SMILES string of the molecule is CC(=O)Nc1cc(Oc2ccc(CC(=O)Cc3cc(C4CC4)ccc3Cl)c(F)c2)ccn1. The number of aromatic nitrogens is 1. The number of rotatable bonds is 8. The lowest BCUT2D eigenvalue weighted by molar-refractivity contribution is -0.118. The highest BCUT2D eigenvalue weighted by Crippen LogP contribution is 2.41. The van der Waals surface area contributed by atoms with Gasteiger partial charge >= 0.3 is 0 Å². The molecule has 1 saturated carbocycles. The zero-order valence-electron chi connectivity index (χ0n) is 17.5. The highest BCUT2D eigenvalue weighted by Gasteiger charge is 2.24. The van der Waals surface area contributed by atoms with E-state index in [9.17, 15) is 14.0 Å². The Kier molecular flexibility index (Phi) is 6.51. The van der Waals surface area contributed by atoms with Crippen molar-refractivity contribution >= 4 is 29.1 Å². The molecule has 4 rings (SSSR count). The van der Waals surface area contributed by atoms with E-state index in [2.05, 4.69) is 10.3 Å². The highest BCUT2D eigenvalue weighted by molar-refractivity contribution is 6.31. The normalized spacial score (nSPS) is 13.0. The molecule has 1 aliphatic rings. The van der Waals surface area contributed by atoms with Crippen molar-refractivity contribution in [2.24, 2.45) is 0 Å². The first-order valence-electron chi connectivity index (χ1n) is 10.4. The molecular weight excluding hydrogens is 431 g/mol. The fourth-order valence-corrected chi connectivity index (χ4v) is 3.67. The van der Waals surface area contributed by atoms with Gasteiger partial charge in [-0.15, -0.1) is 0 Å². The van der Waals surface area contributed by atoms with Crippen LogP contribution in [0.3, 0.4) is 0 Å². The maximum atomic E-state index is 14.6. The zero-order chi connectivity index (χ0) is 22.7. The fraction of sp³-hybridized carbons (Fsp3) is 0.240. The predicted molar refractivity (Wildman–Crippen MR) is 121 cm³/mol. The number of ether oxygens (including phenoxy) is 1. The number of benzene rings is 2. The van der Waals surface area contributed by atoms with Gasteiger partial charge in [0.2, 0.25) is 5.91 Å². The van der Waals surface area contributed by atoms with Gasteiger partial charge in [-0.05, 0) is 53.6 Å². The number of hydrogen-bond acceptors (Lipinski definition) is 4. The molecule has 1 aromatic heterocycles. The van der Waals surface area contributed by atoms with Crippen molar-refractivity contribution in [2.45, 2.75) is 38.5 Å². The molecule has 32 heavy (non-hydrogen) atoms. The molecule has 3 aromatic rings. The van der Waals surface area contributed by atoms with E-state index in [1.165, 1.54) is 43.7 Å². The molecule has 1 N–H and O–H groups in total. The second kappa shape index (κ2) is 9.49. The number of Topliss-reactive ketones (excluding diaryl/α,β-unsaturated/α-hetero) is 1. The van der Waals surface area contributed by atoms with Crippen molar-refractivity contribution in [3.63, 3.8) is 0 Å². The van der Waals surface area contributed by atoms with Gasteiger partial charge in [-0.1, -0.05) is 29.8 Å². The predicted octanol–water partition coefficient (Wildman–Crippen LogP) is 5.86. The summed E-state index contributed by atoms with van der Waals surface area (Å²) in [7, 11) is 0. The maximum Gasteiger partial charge on any atom is 0.222 e. The Balaban J connectivity index is 1.41. The van der Waals surface area contributed by atoms with Crippen LogP contribution in [-0.2, 0) is 22.4 Å². The molecule has 0 unspecified atom stereocenters. The highest BCUT2D eigenvalue weighted by atomic mass is 35.5. The molecule has 0 atom stereocenters. The Morgan fingerprint density at radius 2 is 1.81 bits per heavy atom. The molecule has 0 radical (unpaired) electrons. The van der Waals surface area contributed by atoms with Crippen LogP contribution in [0.1, 0.15) is 42.4 Å². The number of ketones is 1. The van der Waals surface area contributed by atoms with Crippen LogP contribution in [0.25, 0.3) is 0 Å². The van der Waals surface area contributed by atoms with E-state index in [-0.39, 0.29) is 30.3 Å². The van der Waals surface area contributed by atoms with Crippen LogP contribution in [0.4, 0.5) is 10.2 Å². The van der Waals surface area contributed by atoms with Crippen molar-refractivity contribution in [2.75, 3.05) is 5.32 Å². The average Bonchev–Trinajstić information content (AvgIpc) is 3.57. The number of nitrogens with one attached hydrogen (secondary N) is 1. The first-order chi connectivity index (χ1) is 15.4. The van der Waals surface area contributed by atoms with E-state index < -0.39 is 5.82 Å². The minimum Gasteiger partial charge on any atom is -0.457 e. The smallest absolute Gasteiger partial charge is 0.222 e. The number of amides is 1. The van der Waals surface area contributed by atoms with Crippen LogP contribution in [0, 0.1) is 5.82 Å². The largest absolute Gasteiger partial charge is 0.457 e. The van der Waals surface area contributed by atoms with Crippen LogP contribution < -0.4 is 10.1 Å². The number of hydrogen-bond donors (Lipinski definition) is 1. The lowest BCUT2D eigenvalue weighted by Crippen LogP contribution is -2.09. The van der Waals surface area contributed by atoms with Gasteiger partial charge < -0.3 is 10.1 Å². The molecule has 0 bridgehead atoms. The summed E-state index contributed by atoms with van der Waals surface area (Å²) in [4.78, 5) is 27.8. The molecule has 7 heteroatoms. The van der Waals surface area contributed by atoms with E-state index >= 15 is 0 Å². The first kappa shape index (κ1) is 22.0. The van der Waals surface area contributed by atoms with Gasteiger partial charge in [0.1, 0.15) is 28.9 Å². The Morgan fingerprint density at radius 3 is 2.53 bits per heavy atom.